The molecule has 0 fully saturated rings. The van der Waals surface area contributed by atoms with Crippen molar-refractivity contribution in [3.05, 3.63) is 12.4 Å². The van der Waals surface area contributed by atoms with Crippen LogP contribution in [-0.4, -0.2) is 33.7 Å². The lowest BCUT2D eigenvalue weighted by Gasteiger charge is -2.17. The highest BCUT2D eigenvalue weighted by molar-refractivity contribution is 5.76. The van der Waals surface area contributed by atoms with Gasteiger partial charge in [0.2, 0.25) is 5.88 Å². The van der Waals surface area contributed by atoms with Crippen molar-refractivity contribution in [2.45, 2.75) is 39.7 Å². The zero-order valence-electron chi connectivity index (χ0n) is 11.6. The molecule has 0 aromatic carbocycles. The number of anilines is 1. The lowest BCUT2D eigenvalue weighted by Crippen LogP contribution is -2.31. The molecule has 6 heteroatoms. The predicted molar refractivity (Wildman–Crippen MR) is 72.3 cm³/mol. The van der Waals surface area contributed by atoms with Gasteiger partial charge in [0.25, 0.3) is 0 Å². The Morgan fingerprint density at radius 3 is 2.79 bits per heavy atom. The molecule has 0 saturated heterocycles. The van der Waals surface area contributed by atoms with Gasteiger partial charge in [0.15, 0.2) is 0 Å². The van der Waals surface area contributed by atoms with Gasteiger partial charge in [-0.25, -0.2) is 4.79 Å². The minimum absolute atomic E-state index is 0.279. The second-order valence-corrected chi connectivity index (χ2v) is 4.76. The molecule has 2 N–H and O–H groups in total. The van der Waals surface area contributed by atoms with Crippen molar-refractivity contribution < 1.29 is 14.6 Å². The summed E-state index contributed by atoms with van der Waals surface area (Å²) in [5, 5.41) is 12.0. The van der Waals surface area contributed by atoms with Crippen LogP contribution in [0, 0.1) is 5.92 Å². The number of carboxylic acid groups (broad SMARTS) is 1. The molecule has 0 spiro atoms. The lowest BCUT2D eigenvalue weighted by atomic mass is 10.0. The fraction of sp³-hybridized carbons (Fsp3) is 0.615. The highest BCUT2D eigenvalue weighted by atomic mass is 16.5. The molecule has 1 aromatic rings. The van der Waals surface area contributed by atoms with Gasteiger partial charge < -0.3 is 15.2 Å². The van der Waals surface area contributed by atoms with Gasteiger partial charge in [0.05, 0.1) is 19.0 Å². The van der Waals surface area contributed by atoms with Crippen LogP contribution in [0.4, 0.5) is 5.82 Å². The molecule has 1 heterocycles. The average Bonchev–Trinajstić information content (AvgIpc) is 2.35. The van der Waals surface area contributed by atoms with E-state index in [1.807, 2.05) is 20.8 Å². The first-order valence-electron chi connectivity index (χ1n) is 6.47. The summed E-state index contributed by atoms with van der Waals surface area (Å²) in [7, 11) is 0. The summed E-state index contributed by atoms with van der Waals surface area (Å²) < 4.78 is 5.36. The van der Waals surface area contributed by atoms with E-state index >= 15 is 0 Å². The molecule has 0 amide bonds. The fourth-order valence-electron chi connectivity index (χ4n) is 1.57. The van der Waals surface area contributed by atoms with Crippen LogP contribution in [0.25, 0.3) is 0 Å². The summed E-state index contributed by atoms with van der Waals surface area (Å²) >= 11 is 0. The van der Waals surface area contributed by atoms with Crippen LogP contribution in [0.5, 0.6) is 5.88 Å². The Morgan fingerprint density at radius 2 is 2.21 bits per heavy atom. The summed E-state index contributed by atoms with van der Waals surface area (Å²) in [6, 6.07) is -0.671. The van der Waals surface area contributed by atoms with Crippen molar-refractivity contribution in [3.63, 3.8) is 0 Å². The second-order valence-electron chi connectivity index (χ2n) is 4.76. The number of carboxylic acids is 1. The number of hydrogen-bond acceptors (Lipinski definition) is 5. The van der Waals surface area contributed by atoms with Crippen LogP contribution in [0.1, 0.15) is 33.6 Å². The summed E-state index contributed by atoms with van der Waals surface area (Å²) in [5.41, 5.74) is 0. The van der Waals surface area contributed by atoms with Gasteiger partial charge >= 0.3 is 5.97 Å². The van der Waals surface area contributed by atoms with E-state index in [2.05, 4.69) is 15.3 Å². The van der Waals surface area contributed by atoms with Crippen LogP contribution in [0.2, 0.25) is 0 Å². The van der Waals surface area contributed by atoms with E-state index < -0.39 is 12.0 Å². The Kier molecular flexibility index (Phi) is 6.05. The number of ether oxygens (including phenoxy) is 1. The molecule has 0 aliphatic carbocycles. The van der Waals surface area contributed by atoms with Crippen LogP contribution in [0.3, 0.4) is 0 Å². The van der Waals surface area contributed by atoms with Gasteiger partial charge in [-0.2, -0.15) is 4.98 Å². The lowest BCUT2D eigenvalue weighted by molar-refractivity contribution is -0.138. The van der Waals surface area contributed by atoms with E-state index in [4.69, 9.17) is 9.84 Å². The van der Waals surface area contributed by atoms with E-state index in [0.717, 1.165) is 6.42 Å². The Hall–Kier alpha value is -1.85. The van der Waals surface area contributed by atoms with Gasteiger partial charge in [-0.15, -0.1) is 0 Å². The summed E-state index contributed by atoms with van der Waals surface area (Å²) in [6.07, 6.45) is 4.41. The molecule has 0 bridgehead atoms. The van der Waals surface area contributed by atoms with Gasteiger partial charge in [-0.05, 0) is 18.8 Å². The van der Waals surface area contributed by atoms with Crippen molar-refractivity contribution in [1.82, 2.24) is 9.97 Å². The number of hydrogen-bond donors (Lipinski definition) is 2. The van der Waals surface area contributed by atoms with Gasteiger partial charge in [-0.1, -0.05) is 20.8 Å². The van der Waals surface area contributed by atoms with Crippen LogP contribution in [-0.2, 0) is 4.79 Å². The number of nitrogens with zero attached hydrogens (tertiary/aromatic N) is 2. The number of rotatable bonds is 8. The first-order chi connectivity index (χ1) is 9.02. The maximum Gasteiger partial charge on any atom is 0.326 e. The summed E-state index contributed by atoms with van der Waals surface area (Å²) in [4.78, 5) is 19.3. The highest BCUT2D eigenvalue weighted by Gasteiger charge is 2.19. The number of carbonyl (C=O) groups is 1. The Balaban J connectivity index is 2.70. The number of aliphatic carboxylic acids is 1. The van der Waals surface area contributed by atoms with Crippen molar-refractivity contribution in [3.8, 4) is 5.88 Å². The third-order valence-corrected chi connectivity index (χ3v) is 2.39. The third kappa shape index (κ3) is 5.54. The Labute approximate surface area is 113 Å². The Morgan fingerprint density at radius 1 is 1.47 bits per heavy atom. The van der Waals surface area contributed by atoms with E-state index in [-0.39, 0.29) is 5.92 Å². The Bertz CT molecular complexity index is 410. The molecule has 6 nitrogen and oxygen atoms in total. The molecule has 1 aromatic heterocycles. The van der Waals surface area contributed by atoms with Crippen molar-refractivity contribution in [1.29, 1.82) is 0 Å². The summed E-state index contributed by atoms with van der Waals surface area (Å²) in [6.45, 7) is 6.51. The maximum absolute atomic E-state index is 11.2. The third-order valence-electron chi connectivity index (χ3n) is 2.39. The molecular formula is C13H21N3O3. The van der Waals surface area contributed by atoms with Crippen LogP contribution >= 0.6 is 0 Å². The number of nitrogens with one attached hydrogen (secondary N) is 1. The first-order valence-corrected chi connectivity index (χ1v) is 6.47. The average molecular weight is 267 g/mol. The van der Waals surface area contributed by atoms with E-state index in [9.17, 15) is 4.79 Å². The molecule has 1 atom stereocenters. The largest absolute Gasteiger partial charge is 0.480 e. The number of aromatic nitrogens is 2. The highest BCUT2D eigenvalue weighted by Crippen LogP contribution is 2.14. The molecular weight excluding hydrogens is 246 g/mol. The maximum atomic E-state index is 11.2. The second kappa shape index (κ2) is 7.56. The normalized spacial score (nSPS) is 12.2. The molecule has 0 aliphatic heterocycles. The molecule has 0 radical (unpaired) electrons. The molecule has 1 unspecified atom stereocenters. The molecule has 106 valence electrons. The summed E-state index contributed by atoms with van der Waals surface area (Å²) in [5.74, 6) is 0.207. The fourth-order valence-corrected chi connectivity index (χ4v) is 1.57. The monoisotopic (exact) mass is 267 g/mol. The topological polar surface area (TPSA) is 84.3 Å². The van der Waals surface area contributed by atoms with Crippen molar-refractivity contribution in [2.75, 3.05) is 11.9 Å². The predicted octanol–water partition coefficient (Wildman–Crippen LogP) is 2.18. The molecule has 0 aliphatic rings. The smallest absolute Gasteiger partial charge is 0.326 e. The van der Waals surface area contributed by atoms with Crippen molar-refractivity contribution in [2.24, 2.45) is 5.92 Å². The van der Waals surface area contributed by atoms with Crippen LogP contribution < -0.4 is 10.1 Å². The minimum Gasteiger partial charge on any atom is -0.480 e. The van der Waals surface area contributed by atoms with Crippen molar-refractivity contribution >= 4 is 11.8 Å². The van der Waals surface area contributed by atoms with Gasteiger partial charge in [0.1, 0.15) is 11.9 Å². The van der Waals surface area contributed by atoms with Gasteiger partial charge in [0, 0.05) is 0 Å². The van der Waals surface area contributed by atoms with E-state index in [0.29, 0.717) is 24.7 Å². The zero-order chi connectivity index (χ0) is 14.3. The molecule has 1 rings (SSSR count). The van der Waals surface area contributed by atoms with Gasteiger partial charge in [-0.3, -0.25) is 4.98 Å². The standard InChI is InChI=1S/C13H21N3O3/c1-4-5-19-12-8-14-7-11(16-12)15-10(13(17)18)6-9(2)3/h7-10H,4-6H2,1-3H3,(H,15,16)(H,17,18). The molecule has 0 saturated carbocycles. The minimum atomic E-state index is -0.893. The molecule has 19 heavy (non-hydrogen) atoms. The van der Waals surface area contributed by atoms with E-state index in [1.165, 1.54) is 12.4 Å². The van der Waals surface area contributed by atoms with Crippen LogP contribution in [0.15, 0.2) is 12.4 Å². The van der Waals surface area contributed by atoms with E-state index in [1.54, 1.807) is 0 Å². The first kappa shape index (κ1) is 15.2. The SMILES string of the molecule is CCCOc1cncc(NC(CC(C)C)C(=O)O)n1. The zero-order valence-corrected chi connectivity index (χ0v) is 11.6. The quantitative estimate of drug-likeness (QED) is 0.751.